The SMILES string of the molecule is CC(C)COc1cc(N2CCN(C(=O)Cn3ccc4ccccc4c3=O)CC2)ncn1. The lowest BCUT2D eigenvalue weighted by Gasteiger charge is -2.35. The smallest absolute Gasteiger partial charge is 0.258 e. The van der Waals surface area contributed by atoms with E-state index in [-0.39, 0.29) is 18.0 Å². The molecule has 1 aliphatic heterocycles. The van der Waals surface area contributed by atoms with E-state index in [1.807, 2.05) is 30.3 Å². The van der Waals surface area contributed by atoms with E-state index < -0.39 is 0 Å². The summed E-state index contributed by atoms with van der Waals surface area (Å²) in [4.78, 5) is 37.9. The van der Waals surface area contributed by atoms with Crippen LogP contribution in [0.5, 0.6) is 5.88 Å². The Bertz CT molecular complexity index is 1120. The number of pyridine rings is 1. The van der Waals surface area contributed by atoms with Crippen molar-refractivity contribution in [2.75, 3.05) is 37.7 Å². The van der Waals surface area contributed by atoms with Gasteiger partial charge in [-0.15, -0.1) is 0 Å². The fourth-order valence-corrected chi connectivity index (χ4v) is 3.62. The third-order valence-corrected chi connectivity index (χ3v) is 5.34. The number of carbonyl (C=O) groups excluding carboxylic acids is 1. The molecule has 1 aromatic carbocycles. The number of hydrogen-bond acceptors (Lipinski definition) is 6. The minimum Gasteiger partial charge on any atom is -0.477 e. The first-order valence-electron chi connectivity index (χ1n) is 10.6. The Morgan fingerprint density at radius 2 is 1.87 bits per heavy atom. The monoisotopic (exact) mass is 421 g/mol. The summed E-state index contributed by atoms with van der Waals surface area (Å²) in [5.41, 5.74) is -0.139. The molecule has 1 aliphatic rings. The molecule has 8 heteroatoms. The third-order valence-electron chi connectivity index (χ3n) is 5.34. The Balaban J connectivity index is 1.37. The highest BCUT2D eigenvalue weighted by Gasteiger charge is 2.23. The molecule has 8 nitrogen and oxygen atoms in total. The second-order valence-electron chi connectivity index (χ2n) is 8.12. The normalized spacial score (nSPS) is 14.3. The maximum absolute atomic E-state index is 12.8. The van der Waals surface area contributed by atoms with Gasteiger partial charge in [0, 0.05) is 43.8 Å². The van der Waals surface area contributed by atoms with Gasteiger partial charge in [-0.1, -0.05) is 32.0 Å². The molecule has 1 fully saturated rings. The zero-order valence-corrected chi connectivity index (χ0v) is 17.9. The Morgan fingerprint density at radius 3 is 2.65 bits per heavy atom. The molecule has 0 radical (unpaired) electrons. The topological polar surface area (TPSA) is 80.6 Å². The van der Waals surface area contributed by atoms with E-state index in [1.54, 1.807) is 17.2 Å². The van der Waals surface area contributed by atoms with Crippen molar-refractivity contribution in [2.24, 2.45) is 5.92 Å². The Kier molecular flexibility index (Phi) is 6.16. The van der Waals surface area contributed by atoms with Crippen molar-refractivity contribution in [1.29, 1.82) is 0 Å². The number of piperazine rings is 1. The van der Waals surface area contributed by atoms with Crippen molar-refractivity contribution in [1.82, 2.24) is 19.4 Å². The van der Waals surface area contributed by atoms with Crippen molar-refractivity contribution in [3.8, 4) is 5.88 Å². The predicted molar refractivity (Wildman–Crippen MR) is 119 cm³/mol. The molecule has 3 aromatic rings. The van der Waals surface area contributed by atoms with Crippen molar-refractivity contribution in [3.05, 3.63) is 59.3 Å². The molecule has 0 atom stereocenters. The van der Waals surface area contributed by atoms with Crippen LogP contribution in [0, 0.1) is 5.92 Å². The number of ether oxygens (including phenoxy) is 1. The van der Waals surface area contributed by atoms with Gasteiger partial charge in [0.15, 0.2) is 0 Å². The Labute approximate surface area is 181 Å². The molecular weight excluding hydrogens is 394 g/mol. The van der Waals surface area contributed by atoms with Gasteiger partial charge in [0.05, 0.1) is 6.61 Å². The average molecular weight is 422 g/mol. The van der Waals surface area contributed by atoms with Crippen LogP contribution in [0.3, 0.4) is 0 Å². The van der Waals surface area contributed by atoms with Crippen molar-refractivity contribution < 1.29 is 9.53 Å². The minimum absolute atomic E-state index is 0.0460. The number of fused-ring (bicyclic) bond motifs is 1. The third kappa shape index (κ3) is 4.84. The van der Waals surface area contributed by atoms with E-state index in [9.17, 15) is 9.59 Å². The van der Waals surface area contributed by atoms with Crippen LogP contribution >= 0.6 is 0 Å². The summed E-state index contributed by atoms with van der Waals surface area (Å²) >= 11 is 0. The van der Waals surface area contributed by atoms with Gasteiger partial charge in [-0.2, -0.15) is 0 Å². The summed E-state index contributed by atoms with van der Waals surface area (Å²) in [5.74, 6) is 1.73. The molecule has 3 heterocycles. The maximum atomic E-state index is 12.8. The molecule has 31 heavy (non-hydrogen) atoms. The Hall–Kier alpha value is -3.42. The highest BCUT2D eigenvalue weighted by atomic mass is 16.5. The van der Waals surface area contributed by atoms with Crippen molar-refractivity contribution >= 4 is 22.5 Å². The zero-order valence-electron chi connectivity index (χ0n) is 17.9. The van der Waals surface area contributed by atoms with Crippen LogP contribution in [0.4, 0.5) is 5.82 Å². The summed E-state index contributed by atoms with van der Waals surface area (Å²) in [6.07, 6.45) is 3.20. The second kappa shape index (κ2) is 9.16. The van der Waals surface area contributed by atoms with Crippen LogP contribution in [0.15, 0.2) is 53.7 Å². The van der Waals surface area contributed by atoms with E-state index in [0.717, 1.165) is 11.2 Å². The number of anilines is 1. The quantitative estimate of drug-likeness (QED) is 0.607. The summed E-state index contributed by atoms with van der Waals surface area (Å²) in [6, 6.07) is 11.1. The van der Waals surface area contributed by atoms with Crippen LogP contribution in [0.1, 0.15) is 13.8 Å². The lowest BCUT2D eigenvalue weighted by molar-refractivity contribution is -0.132. The molecule has 0 N–H and O–H groups in total. The molecule has 162 valence electrons. The van der Waals surface area contributed by atoms with Gasteiger partial charge < -0.3 is 19.1 Å². The molecule has 0 spiro atoms. The molecule has 0 bridgehead atoms. The number of hydrogen-bond donors (Lipinski definition) is 0. The lowest BCUT2D eigenvalue weighted by Crippen LogP contribution is -2.50. The zero-order chi connectivity index (χ0) is 21.8. The molecular formula is C23H27N5O3. The molecule has 1 amide bonds. The van der Waals surface area contributed by atoms with Crippen LogP contribution in [0.2, 0.25) is 0 Å². The van der Waals surface area contributed by atoms with Crippen LogP contribution < -0.4 is 15.2 Å². The first-order chi connectivity index (χ1) is 15.0. The molecule has 2 aromatic heterocycles. The van der Waals surface area contributed by atoms with Gasteiger partial charge in [-0.3, -0.25) is 9.59 Å². The number of rotatable bonds is 6. The van der Waals surface area contributed by atoms with Crippen LogP contribution in [-0.4, -0.2) is 58.1 Å². The minimum atomic E-state index is -0.139. The standard InChI is InChI=1S/C23H27N5O3/c1-17(2)15-31-21-13-20(24-16-25-21)26-9-11-27(12-10-26)22(29)14-28-8-7-18-5-3-4-6-19(18)23(28)30/h3-8,13,16-17H,9-12,14-15H2,1-2H3. The number of amides is 1. The van der Waals surface area contributed by atoms with Crippen LogP contribution in [-0.2, 0) is 11.3 Å². The van der Waals surface area contributed by atoms with E-state index in [2.05, 4.69) is 28.7 Å². The summed E-state index contributed by atoms with van der Waals surface area (Å²) in [5, 5.41) is 1.51. The molecule has 0 saturated carbocycles. The molecule has 1 saturated heterocycles. The van der Waals surface area contributed by atoms with Crippen molar-refractivity contribution in [3.63, 3.8) is 0 Å². The van der Waals surface area contributed by atoms with Gasteiger partial charge in [-0.05, 0) is 23.4 Å². The van der Waals surface area contributed by atoms with Crippen LogP contribution in [0.25, 0.3) is 10.8 Å². The van der Waals surface area contributed by atoms with Gasteiger partial charge in [0.2, 0.25) is 11.8 Å². The van der Waals surface area contributed by atoms with E-state index in [4.69, 9.17) is 4.74 Å². The van der Waals surface area contributed by atoms with Crippen molar-refractivity contribution in [2.45, 2.75) is 20.4 Å². The molecule has 0 aliphatic carbocycles. The highest BCUT2D eigenvalue weighted by molar-refractivity contribution is 5.82. The fraction of sp³-hybridized carbons (Fsp3) is 0.391. The second-order valence-corrected chi connectivity index (χ2v) is 8.12. The number of carbonyl (C=O) groups is 1. The predicted octanol–water partition coefficient (Wildman–Crippen LogP) is 2.18. The number of aromatic nitrogens is 3. The van der Waals surface area contributed by atoms with E-state index in [1.165, 1.54) is 10.9 Å². The highest BCUT2D eigenvalue weighted by Crippen LogP contribution is 2.18. The van der Waals surface area contributed by atoms with Gasteiger partial charge in [-0.25, -0.2) is 9.97 Å². The van der Waals surface area contributed by atoms with Gasteiger partial charge >= 0.3 is 0 Å². The number of nitrogens with zero attached hydrogens (tertiary/aromatic N) is 5. The Morgan fingerprint density at radius 1 is 1.10 bits per heavy atom. The maximum Gasteiger partial charge on any atom is 0.258 e. The first kappa shape index (κ1) is 20.8. The molecule has 0 unspecified atom stereocenters. The summed E-state index contributed by atoms with van der Waals surface area (Å²) < 4.78 is 7.18. The number of benzene rings is 1. The van der Waals surface area contributed by atoms with E-state index in [0.29, 0.717) is 50.0 Å². The van der Waals surface area contributed by atoms with E-state index >= 15 is 0 Å². The molecule has 4 rings (SSSR count). The summed E-state index contributed by atoms with van der Waals surface area (Å²) in [7, 11) is 0. The average Bonchev–Trinajstić information content (AvgIpc) is 2.80. The largest absolute Gasteiger partial charge is 0.477 e. The van der Waals surface area contributed by atoms with Gasteiger partial charge in [0.1, 0.15) is 18.7 Å². The first-order valence-corrected chi connectivity index (χ1v) is 10.6. The lowest BCUT2D eigenvalue weighted by atomic mass is 10.2. The fourth-order valence-electron chi connectivity index (χ4n) is 3.62. The van der Waals surface area contributed by atoms with Gasteiger partial charge in [0.25, 0.3) is 5.56 Å². The summed E-state index contributed by atoms with van der Waals surface area (Å²) in [6.45, 7) is 7.31.